The van der Waals surface area contributed by atoms with Crippen LogP contribution in [-0.2, 0) is 9.84 Å². The van der Waals surface area contributed by atoms with Gasteiger partial charge in [0.25, 0.3) is 5.92 Å². The Morgan fingerprint density at radius 1 is 1.17 bits per heavy atom. The van der Waals surface area contributed by atoms with Crippen molar-refractivity contribution in [2.24, 2.45) is 5.92 Å². The van der Waals surface area contributed by atoms with Crippen LogP contribution >= 0.6 is 0 Å². The second-order valence-electron chi connectivity index (χ2n) is 11.9. The van der Waals surface area contributed by atoms with Crippen molar-refractivity contribution < 1.29 is 21.9 Å². The molecule has 10 nitrogen and oxygen atoms in total. The molecule has 222 valence electrons. The van der Waals surface area contributed by atoms with Gasteiger partial charge in [-0.05, 0) is 32.9 Å². The Kier molecular flexibility index (Phi) is 6.63. The van der Waals surface area contributed by atoms with Crippen LogP contribution in [0.4, 0.5) is 20.3 Å². The average Bonchev–Trinajstić information content (AvgIpc) is 3.33. The molecule has 13 heteroatoms. The van der Waals surface area contributed by atoms with Crippen molar-refractivity contribution in [3.63, 3.8) is 0 Å². The van der Waals surface area contributed by atoms with Gasteiger partial charge in [0.2, 0.25) is 0 Å². The van der Waals surface area contributed by atoms with Crippen molar-refractivity contribution in [3.05, 3.63) is 48.5 Å². The van der Waals surface area contributed by atoms with Crippen LogP contribution in [0.5, 0.6) is 5.75 Å². The van der Waals surface area contributed by atoms with Gasteiger partial charge < -0.3 is 15.0 Å². The Morgan fingerprint density at radius 2 is 1.93 bits per heavy atom. The quantitative estimate of drug-likeness (QED) is 0.310. The summed E-state index contributed by atoms with van der Waals surface area (Å²) >= 11 is 0. The lowest BCUT2D eigenvalue weighted by molar-refractivity contribution is -0.109. The summed E-state index contributed by atoms with van der Waals surface area (Å²) in [7, 11) is -1.53. The Balaban J connectivity index is 1.43. The molecule has 0 bridgehead atoms. The van der Waals surface area contributed by atoms with Gasteiger partial charge in [-0.3, -0.25) is 9.97 Å². The number of hydrogen-bond acceptors (Lipinski definition) is 9. The van der Waals surface area contributed by atoms with Gasteiger partial charge in [0.05, 0.1) is 35.8 Å². The molecule has 2 fully saturated rings. The monoisotopic (exact) mass is 597 g/mol. The van der Waals surface area contributed by atoms with E-state index in [0.717, 1.165) is 27.8 Å². The topological polar surface area (TPSA) is 115 Å². The summed E-state index contributed by atoms with van der Waals surface area (Å²) in [6.07, 6.45) is 5.75. The standard InChI is InChI=1S/C29H33F2N7O3S/c1-17-21-12-33-38(24(21)10-23(34-17)22-11-32-7-6-25(22)41-4)27-9-20(37-13-19(18(37)2)14-42(5,39)40)8-26(35-27)36-28(3)15-29(30,31)16-28/h6-12,18-19H,13-16H2,1-5H3,(H,35,36)/t18-,19-/m1/s1. The number of halogens is 2. The first-order valence-corrected chi connectivity index (χ1v) is 15.8. The molecule has 42 heavy (non-hydrogen) atoms. The van der Waals surface area contributed by atoms with Crippen LogP contribution in [0.2, 0.25) is 0 Å². The van der Waals surface area contributed by atoms with Crippen molar-refractivity contribution in [1.29, 1.82) is 0 Å². The fourth-order valence-corrected chi connectivity index (χ4v) is 7.35. The molecule has 1 aliphatic carbocycles. The first-order chi connectivity index (χ1) is 19.7. The number of anilines is 2. The molecule has 5 heterocycles. The Morgan fingerprint density at radius 3 is 2.60 bits per heavy atom. The first kappa shape index (κ1) is 28.3. The molecule has 2 aliphatic rings. The van der Waals surface area contributed by atoms with E-state index in [1.165, 1.54) is 6.26 Å². The molecule has 0 aromatic carbocycles. The van der Waals surface area contributed by atoms with Crippen LogP contribution in [0.3, 0.4) is 0 Å². The first-order valence-electron chi connectivity index (χ1n) is 13.7. The molecule has 1 saturated carbocycles. The third-order valence-corrected chi connectivity index (χ3v) is 9.26. The highest BCUT2D eigenvalue weighted by atomic mass is 32.2. The highest BCUT2D eigenvalue weighted by Gasteiger charge is 2.54. The minimum Gasteiger partial charge on any atom is -0.496 e. The lowest BCUT2D eigenvalue weighted by Gasteiger charge is -2.48. The van der Waals surface area contributed by atoms with Gasteiger partial charge in [0.1, 0.15) is 21.4 Å². The van der Waals surface area contributed by atoms with E-state index in [9.17, 15) is 17.2 Å². The molecule has 1 saturated heterocycles. The molecule has 4 aromatic rings. The summed E-state index contributed by atoms with van der Waals surface area (Å²) in [6.45, 7) is 6.21. The molecule has 2 atom stereocenters. The van der Waals surface area contributed by atoms with E-state index in [1.807, 2.05) is 32.0 Å². The summed E-state index contributed by atoms with van der Waals surface area (Å²) in [6, 6.07) is 7.37. The highest BCUT2D eigenvalue weighted by Crippen LogP contribution is 2.47. The van der Waals surface area contributed by atoms with Crippen molar-refractivity contribution in [3.8, 4) is 22.8 Å². The predicted octanol–water partition coefficient (Wildman–Crippen LogP) is 4.66. The van der Waals surface area contributed by atoms with E-state index in [-0.39, 0.29) is 30.6 Å². The lowest BCUT2D eigenvalue weighted by Crippen LogP contribution is -2.57. The summed E-state index contributed by atoms with van der Waals surface area (Å²) in [4.78, 5) is 15.9. The molecule has 0 unspecified atom stereocenters. The summed E-state index contributed by atoms with van der Waals surface area (Å²) in [5.41, 5.74) is 2.91. The van der Waals surface area contributed by atoms with Gasteiger partial charge in [0, 0.05) is 84.4 Å². The van der Waals surface area contributed by atoms with Crippen LogP contribution in [0, 0.1) is 12.8 Å². The number of ether oxygens (including phenoxy) is 1. The largest absolute Gasteiger partial charge is 0.496 e. The fourth-order valence-electron chi connectivity index (χ4n) is 6.19. The molecule has 6 rings (SSSR count). The van der Waals surface area contributed by atoms with E-state index < -0.39 is 21.3 Å². The summed E-state index contributed by atoms with van der Waals surface area (Å²) < 4.78 is 58.8. The maximum atomic E-state index is 13.8. The molecule has 0 spiro atoms. The number of aryl methyl sites for hydroxylation is 1. The van der Waals surface area contributed by atoms with Crippen LogP contribution in [0.15, 0.2) is 42.9 Å². The van der Waals surface area contributed by atoms with Gasteiger partial charge in [-0.15, -0.1) is 0 Å². The number of aromatic nitrogens is 5. The Hall–Kier alpha value is -3.87. The Labute approximate surface area is 243 Å². The van der Waals surface area contributed by atoms with Gasteiger partial charge >= 0.3 is 0 Å². The number of alkyl halides is 2. The number of nitrogens with one attached hydrogen (secondary N) is 1. The molecule has 1 aliphatic heterocycles. The van der Waals surface area contributed by atoms with E-state index in [1.54, 1.807) is 43.4 Å². The lowest BCUT2D eigenvalue weighted by atomic mass is 9.75. The van der Waals surface area contributed by atoms with E-state index in [2.05, 4.69) is 20.3 Å². The Bertz CT molecular complexity index is 1790. The number of sulfone groups is 1. The number of hydrogen-bond donors (Lipinski definition) is 1. The van der Waals surface area contributed by atoms with Gasteiger partial charge in [-0.2, -0.15) is 5.10 Å². The zero-order chi connectivity index (χ0) is 30.0. The van der Waals surface area contributed by atoms with Crippen LogP contribution in [-0.4, -0.2) is 76.3 Å². The zero-order valence-corrected chi connectivity index (χ0v) is 24.9. The van der Waals surface area contributed by atoms with Crippen LogP contribution < -0.4 is 15.0 Å². The minimum atomic E-state index is -3.12. The second kappa shape index (κ2) is 9.85. The predicted molar refractivity (Wildman–Crippen MR) is 157 cm³/mol. The average molecular weight is 598 g/mol. The van der Waals surface area contributed by atoms with Crippen molar-refractivity contribution in [1.82, 2.24) is 24.7 Å². The second-order valence-corrected chi connectivity index (χ2v) is 14.1. The van der Waals surface area contributed by atoms with E-state index in [4.69, 9.17) is 14.7 Å². The fraction of sp³-hybridized carbons (Fsp3) is 0.448. The number of rotatable bonds is 8. The SMILES string of the molecule is COc1ccncc1-c1cc2c(cnn2-c2cc(N3C[C@H](CS(C)(=O)=O)[C@H]3C)cc(NC3(C)CC(F)(F)C3)n2)c(C)n1. The maximum absolute atomic E-state index is 13.8. The van der Waals surface area contributed by atoms with Crippen LogP contribution in [0.25, 0.3) is 28.0 Å². The summed E-state index contributed by atoms with van der Waals surface area (Å²) in [5, 5.41) is 8.72. The molecular weight excluding hydrogens is 564 g/mol. The smallest absolute Gasteiger partial charge is 0.252 e. The third-order valence-electron chi connectivity index (χ3n) is 8.23. The van der Waals surface area contributed by atoms with Crippen molar-refractivity contribution >= 4 is 32.2 Å². The van der Waals surface area contributed by atoms with E-state index >= 15 is 0 Å². The normalized spacial score (nSPS) is 21.1. The van der Waals surface area contributed by atoms with E-state index in [0.29, 0.717) is 29.6 Å². The third kappa shape index (κ3) is 5.25. The molecule has 1 N–H and O–H groups in total. The molecule has 4 aromatic heterocycles. The van der Waals surface area contributed by atoms with Crippen molar-refractivity contribution in [2.45, 2.75) is 51.1 Å². The number of pyridine rings is 3. The van der Waals surface area contributed by atoms with Gasteiger partial charge in [-0.25, -0.2) is 26.9 Å². The highest BCUT2D eigenvalue weighted by molar-refractivity contribution is 7.90. The van der Waals surface area contributed by atoms with Crippen molar-refractivity contribution in [2.75, 3.05) is 35.9 Å². The number of methoxy groups -OCH3 is 1. The number of fused-ring (bicyclic) bond motifs is 1. The summed E-state index contributed by atoms with van der Waals surface area (Å²) in [5.74, 6) is -1.03. The van der Waals surface area contributed by atoms with Crippen LogP contribution in [0.1, 0.15) is 32.4 Å². The molecular formula is C29H33F2N7O3S. The zero-order valence-electron chi connectivity index (χ0n) is 24.1. The number of nitrogens with zero attached hydrogens (tertiary/aromatic N) is 6. The van der Waals surface area contributed by atoms with Gasteiger partial charge in [0.15, 0.2) is 5.82 Å². The maximum Gasteiger partial charge on any atom is 0.252 e. The molecule has 0 amide bonds. The van der Waals surface area contributed by atoms with Gasteiger partial charge in [-0.1, -0.05) is 0 Å². The minimum absolute atomic E-state index is 0.00727. The molecule has 0 radical (unpaired) electrons.